The molecule has 3 rings (SSSR count). The Morgan fingerprint density at radius 3 is 2.23 bits per heavy atom. The summed E-state index contributed by atoms with van der Waals surface area (Å²) in [6.07, 6.45) is 21.0. The summed E-state index contributed by atoms with van der Waals surface area (Å²) >= 11 is 0. The average molecular weight is 411 g/mol. The molecule has 2 fully saturated rings. The zero-order chi connectivity index (χ0) is 21.2. The van der Waals surface area contributed by atoms with Crippen LogP contribution in [0.4, 0.5) is 0 Å². The van der Waals surface area contributed by atoms with Crippen LogP contribution in [0.5, 0.6) is 5.75 Å². The molecule has 0 radical (unpaired) electrons. The van der Waals surface area contributed by atoms with E-state index < -0.39 is 0 Å². The number of rotatable bonds is 9. The number of carbonyl (C=O) groups is 1. The lowest BCUT2D eigenvalue weighted by atomic mass is 9.79. The predicted molar refractivity (Wildman–Crippen MR) is 126 cm³/mol. The van der Waals surface area contributed by atoms with Crippen LogP contribution < -0.4 is 4.74 Å². The summed E-state index contributed by atoms with van der Waals surface area (Å²) in [5, 5.41) is 0. The van der Waals surface area contributed by atoms with Crippen LogP contribution in [0, 0.1) is 23.7 Å². The molecule has 2 aliphatic rings. The molecule has 2 nitrogen and oxygen atoms in total. The molecule has 1 aromatic carbocycles. The summed E-state index contributed by atoms with van der Waals surface area (Å²) in [6, 6.07) is 8.02. The van der Waals surface area contributed by atoms with Gasteiger partial charge in [-0.1, -0.05) is 76.7 Å². The first-order valence-electron chi connectivity index (χ1n) is 12.6. The highest BCUT2D eigenvalue weighted by Gasteiger charge is 2.27. The summed E-state index contributed by atoms with van der Waals surface area (Å²) in [6.45, 7) is 4.52. The zero-order valence-corrected chi connectivity index (χ0v) is 19.3. The number of benzene rings is 1. The van der Waals surface area contributed by atoms with Gasteiger partial charge < -0.3 is 4.74 Å². The first kappa shape index (κ1) is 23.1. The fraction of sp³-hybridized carbons (Fsp3) is 0.679. The van der Waals surface area contributed by atoms with Crippen molar-refractivity contribution in [3.05, 3.63) is 42.0 Å². The highest BCUT2D eigenvalue weighted by Crippen LogP contribution is 2.34. The first-order chi connectivity index (χ1) is 14.7. The second-order valence-corrected chi connectivity index (χ2v) is 9.73. The molecular weight excluding hydrogens is 368 g/mol. The number of esters is 1. The van der Waals surface area contributed by atoms with Crippen molar-refractivity contribution in [2.24, 2.45) is 23.7 Å². The quantitative estimate of drug-likeness (QED) is 0.235. The van der Waals surface area contributed by atoms with Crippen molar-refractivity contribution in [1.29, 1.82) is 0 Å². The fourth-order valence-corrected chi connectivity index (χ4v) is 5.31. The smallest absolute Gasteiger partial charge is 0.314 e. The average Bonchev–Trinajstić information content (AvgIpc) is 2.79. The van der Waals surface area contributed by atoms with Crippen LogP contribution in [0.15, 0.2) is 36.4 Å². The van der Waals surface area contributed by atoms with Gasteiger partial charge in [0.2, 0.25) is 0 Å². The van der Waals surface area contributed by atoms with E-state index in [1.54, 1.807) is 0 Å². The molecule has 30 heavy (non-hydrogen) atoms. The van der Waals surface area contributed by atoms with E-state index >= 15 is 0 Å². The largest absolute Gasteiger partial charge is 0.426 e. The topological polar surface area (TPSA) is 26.3 Å². The molecule has 0 unspecified atom stereocenters. The monoisotopic (exact) mass is 410 g/mol. The summed E-state index contributed by atoms with van der Waals surface area (Å²) < 4.78 is 5.65. The molecule has 0 bridgehead atoms. The SMILES string of the molecule is CCCc1ccc(OC(=O)C2CCC(C=CCCC3CCC(CC)CC3)CC2)cc1. The van der Waals surface area contributed by atoms with E-state index in [9.17, 15) is 4.79 Å². The van der Waals surface area contributed by atoms with Crippen molar-refractivity contribution in [1.82, 2.24) is 0 Å². The summed E-state index contributed by atoms with van der Waals surface area (Å²) in [7, 11) is 0. The van der Waals surface area contributed by atoms with Gasteiger partial charge in [0.05, 0.1) is 5.92 Å². The van der Waals surface area contributed by atoms with Gasteiger partial charge in [0.25, 0.3) is 0 Å². The lowest BCUT2D eigenvalue weighted by Gasteiger charge is -2.27. The molecule has 2 saturated carbocycles. The van der Waals surface area contributed by atoms with Gasteiger partial charge in [-0.3, -0.25) is 4.79 Å². The van der Waals surface area contributed by atoms with E-state index in [4.69, 9.17) is 4.74 Å². The molecule has 2 aliphatic carbocycles. The first-order valence-corrected chi connectivity index (χ1v) is 12.6. The Morgan fingerprint density at radius 2 is 1.60 bits per heavy atom. The van der Waals surface area contributed by atoms with Gasteiger partial charge >= 0.3 is 5.97 Å². The van der Waals surface area contributed by atoms with Crippen molar-refractivity contribution in [3.63, 3.8) is 0 Å². The number of carbonyl (C=O) groups excluding carboxylic acids is 1. The standard InChI is InChI=1S/C28H42O2/c1-3-7-23-16-20-27(21-17-23)30-28(29)26-18-14-25(15-19-26)9-6-5-8-24-12-10-22(4-2)11-13-24/h6,9,16-17,20-22,24-26H,3-5,7-8,10-15,18-19H2,1-2H3. The van der Waals surface area contributed by atoms with Gasteiger partial charge in [-0.15, -0.1) is 0 Å². The maximum absolute atomic E-state index is 12.5. The third-order valence-corrected chi connectivity index (χ3v) is 7.48. The van der Waals surface area contributed by atoms with Crippen molar-refractivity contribution in [2.75, 3.05) is 0 Å². The van der Waals surface area contributed by atoms with Gasteiger partial charge in [0.15, 0.2) is 0 Å². The van der Waals surface area contributed by atoms with E-state index in [1.807, 2.05) is 12.1 Å². The molecule has 1 aromatic rings. The fourth-order valence-electron chi connectivity index (χ4n) is 5.31. The third-order valence-electron chi connectivity index (χ3n) is 7.48. The van der Waals surface area contributed by atoms with E-state index in [2.05, 4.69) is 38.1 Å². The van der Waals surface area contributed by atoms with Crippen molar-refractivity contribution < 1.29 is 9.53 Å². The highest BCUT2D eigenvalue weighted by atomic mass is 16.5. The number of aryl methyl sites for hydroxylation is 1. The van der Waals surface area contributed by atoms with Gasteiger partial charge in [-0.05, 0) is 80.4 Å². The van der Waals surface area contributed by atoms with E-state index in [-0.39, 0.29) is 11.9 Å². The normalized spacial score (nSPS) is 27.3. The molecule has 0 saturated heterocycles. The maximum atomic E-state index is 12.5. The zero-order valence-electron chi connectivity index (χ0n) is 19.3. The molecule has 0 heterocycles. The summed E-state index contributed by atoms with van der Waals surface area (Å²) in [4.78, 5) is 12.5. The number of hydrogen-bond donors (Lipinski definition) is 0. The van der Waals surface area contributed by atoms with Crippen LogP contribution >= 0.6 is 0 Å². The molecule has 0 atom stereocenters. The molecule has 2 heteroatoms. The number of hydrogen-bond acceptors (Lipinski definition) is 2. The van der Waals surface area contributed by atoms with E-state index in [1.165, 1.54) is 50.5 Å². The van der Waals surface area contributed by atoms with E-state index in [0.717, 1.165) is 50.4 Å². The second kappa shape index (κ2) is 12.3. The van der Waals surface area contributed by atoms with Crippen LogP contribution in [-0.4, -0.2) is 5.97 Å². The predicted octanol–water partition coefficient (Wildman–Crippen LogP) is 7.90. The Balaban J connectivity index is 1.32. The maximum Gasteiger partial charge on any atom is 0.314 e. The van der Waals surface area contributed by atoms with Crippen molar-refractivity contribution in [2.45, 2.75) is 97.3 Å². The molecule has 0 aliphatic heterocycles. The van der Waals surface area contributed by atoms with Gasteiger partial charge in [-0.25, -0.2) is 0 Å². The Morgan fingerprint density at radius 1 is 0.933 bits per heavy atom. The third kappa shape index (κ3) is 7.29. The van der Waals surface area contributed by atoms with Crippen LogP contribution in [-0.2, 0) is 11.2 Å². The van der Waals surface area contributed by atoms with Crippen molar-refractivity contribution in [3.8, 4) is 5.75 Å². The van der Waals surface area contributed by atoms with Gasteiger partial charge in [0.1, 0.15) is 5.75 Å². The number of ether oxygens (including phenoxy) is 1. The van der Waals surface area contributed by atoms with Gasteiger partial charge in [-0.2, -0.15) is 0 Å². The van der Waals surface area contributed by atoms with Crippen molar-refractivity contribution >= 4 is 5.97 Å². The summed E-state index contributed by atoms with van der Waals surface area (Å²) in [5.74, 6) is 3.33. The molecule has 0 spiro atoms. The molecule has 0 amide bonds. The van der Waals surface area contributed by atoms with Crippen LogP contribution in [0.2, 0.25) is 0 Å². The molecule has 0 N–H and O–H groups in total. The Bertz CT molecular complexity index is 644. The van der Waals surface area contributed by atoms with Crippen LogP contribution in [0.3, 0.4) is 0 Å². The van der Waals surface area contributed by atoms with Crippen LogP contribution in [0.25, 0.3) is 0 Å². The number of allylic oxidation sites excluding steroid dienone is 2. The lowest BCUT2D eigenvalue weighted by molar-refractivity contribution is -0.140. The Hall–Kier alpha value is -1.57. The minimum atomic E-state index is -0.0386. The Kier molecular flexibility index (Phi) is 9.49. The lowest BCUT2D eigenvalue weighted by Crippen LogP contribution is -2.25. The van der Waals surface area contributed by atoms with E-state index in [0.29, 0.717) is 11.7 Å². The Labute approximate surface area is 184 Å². The highest BCUT2D eigenvalue weighted by molar-refractivity contribution is 5.75. The summed E-state index contributed by atoms with van der Waals surface area (Å²) in [5.41, 5.74) is 1.30. The minimum Gasteiger partial charge on any atom is -0.426 e. The molecule has 0 aromatic heterocycles. The van der Waals surface area contributed by atoms with Crippen LogP contribution in [0.1, 0.15) is 96.5 Å². The molecule has 166 valence electrons. The minimum absolute atomic E-state index is 0.0386. The molecular formula is C28H42O2. The second-order valence-electron chi connectivity index (χ2n) is 9.73. The van der Waals surface area contributed by atoms with Gasteiger partial charge in [0, 0.05) is 0 Å².